The zero-order chi connectivity index (χ0) is 16.0. The van der Waals surface area contributed by atoms with Gasteiger partial charge < -0.3 is 5.32 Å². The van der Waals surface area contributed by atoms with E-state index in [0.29, 0.717) is 12.5 Å². The van der Waals surface area contributed by atoms with E-state index in [1.54, 1.807) is 0 Å². The summed E-state index contributed by atoms with van der Waals surface area (Å²) in [6, 6.07) is -1.31. The molecule has 0 radical (unpaired) electrons. The fourth-order valence-electron chi connectivity index (χ4n) is 3.00. The second-order valence-corrected chi connectivity index (χ2v) is 8.11. The van der Waals surface area contributed by atoms with Crippen LogP contribution >= 0.6 is 0 Å². The molecule has 8 heteroatoms. The van der Waals surface area contributed by atoms with Crippen molar-refractivity contribution in [2.75, 3.05) is 12.3 Å². The summed E-state index contributed by atoms with van der Waals surface area (Å²) in [6.07, 6.45) is 8.33. The van der Waals surface area contributed by atoms with Gasteiger partial charge in [0, 0.05) is 6.54 Å². The highest BCUT2D eigenvalue weighted by Gasteiger charge is 2.30. The Hall–Kier alpha value is -1.15. The summed E-state index contributed by atoms with van der Waals surface area (Å²) in [5.74, 6) is -0.206. The Morgan fingerprint density at radius 3 is 2.27 bits per heavy atom. The molecule has 0 bridgehead atoms. The molecule has 0 spiro atoms. The fraction of sp³-hybridized carbons (Fsp3) is 0.857. The maximum absolute atomic E-state index is 12.0. The van der Waals surface area contributed by atoms with Gasteiger partial charge in [-0.05, 0) is 25.2 Å². The number of nitrogens with one attached hydrogen (secondary N) is 3. The third-order valence-electron chi connectivity index (χ3n) is 4.35. The van der Waals surface area contributed by atoms with E-state index in [1.165, 1.54) is 32.1 Å². The van der Waals surface area contributed by atoms with Gasteiger partial charge in [0.25, 0.3) is 5.91 Å². The highest BCUT2D eigenvalue weighted by Crippen LogP contribution is 2.21. The van der Waals surface area contributed by atoms with Gasteiger partial charge in [-0.15, -0.1) is 0 Å². The van der Waals surface area contributed by atoms with Gasteiger partial charge in [-0.1, -0.05) is 32.1 Å². The van der Waals surface area contributed by atoms with Gasteiger partial charge in [-0.2, -0.15) is 0 Å². The molecule has 0 aromatic carbocycles. The molecule has 7 nitrogen and oxygen atoms in total. The van der Waals surface area contributed by atoms with Gasteiger partial charge in [0.1, 0.15) is 6.04 Å². The standard InChI is InChI=1S/C14H25N3O4S/c18-13-12(16-14(19)17-13)8-9-22(20,21)15-10-11-6-4-2-1-3-5-7-11/h11-12,15H,1-10H2,(H2,16,17,18,19). The minimum Gasteiger partial charge on any atom is -0.326 e. The number of imide groups is 1. The molecule has 1 saturated carbocycles. The zero-order valence-corrected chi connectivity index (χ0v) is 13.6. The average Bonchev–Trinajstić information content (AvgIpc) is 2.74. The van der Waals surface area contributed by atoms with Crippen LogP contribution in [0.4, 0.5) is 4.79 Å². The molecule has 1 atom stereocenters. The lowest BCUT2D eigenvalue weighted by atomic mass is 9.91. The monoisotopic (exact) mass is 331 g/mol. The van der Waals surface area contributed by atoms with Crippen molar-refractivity contribution in [3.63, 3.8) is 0 Å². The summed E-state index contributed by atoms with van der Waals surface area (Å²) in [5.41, 5.74) is 0. The first-order valence-electron chi connectivity index (χ1n) is 8.05. The van der Waals surface area contributed by atoms with Crippen molar-refractivity contribution in [1.29, 1.82) is 0 Å². The number of sulfonamides is 1. The van der Waals surface area contributed by atoms with E-state index in [1.807, 2.05) is 0 Å². The maximum atomic E-state index is 12.0. The zero-order valence-electron chi connectivity index (χ0n) is 12.8. The Labute approximate surface area is 131 Å². The molecular weight excluding hydrogens is 306 g/mol. The van der Waals surface area contributed by atoms with Crippen LogP contribution in [0.1, 0.15) is 51.4 Å². The van der Waals surface area contributed by atoms with Gasteiger partial charge in [0.15, 0.2) is 0 Å². The minimum absolute atomic E-state index is 0.0948. The topological polar surface area (TPSA) is 104 Å². The lowest BCUT2D eigenvalue weighted by Crippen LogP contribution is -2.36. The molecule has 2 rings (SSSR count). The van der Waals surface area contributed by atoms with E-state index in [9.17, 15) is 18.0 Å². The summed E-state index contributed by atoms with van der Waals surface area (Å²) in [7, 11) is -3.41. The summed E-state index contributed by atoms with van der Waals surface area (Å²) < 4.78 is 26.7. The van der Waals surface area contributed by atoms with Crippen molar-refractivity contribution in [2.45, 2.75) is 57.4 Å². The summed E-state index contributed by atoms with van der Waals surface area (Å²) in [4.78, 5) is 22.3. The van der Waals surface area contributed by atoms with Crippen LogP contribution in [-0.2, 0) is 14.8 Å². The second-order valence-electron chi connectivity index (χ2n) is 6.18. The first-order valence-corrected chi connectivity index (χ1v) is 9.70. The Morgan fingerprint density at radius 1 is 1.05 bits per heavy atom. The number of hydrogen-bond donors (Lipinski definition) is 3. The van der Waals surface area contributed by atoms with E-state index in [-0.39, 0.29) is 12.2 Å². The van der Waals surface area contributed by atoms with Gasteiger partial charge in [-0.3, -0.25) is 10.1 Å². The lowest BCUT2D eigenvalue weighted by Gasteiger charge is -2.20. The molecule has 1 aliphatic carbocycles. The van der Waals surface area contributed by atoms with E-state index >= 15 is 0 Å². The maximum Gasteiger partial charge on any atom is 0.322 e. The summed E-state index contributed by atoms with van der Waals surface area (Å²) in [5, 5.41) is 4.50. The first kappa shape index (κ1) is 17.2. The predicted octanol–water partition coefficient (Wildman–Crippen LogP) is 0.864. The number of carbonyl (C=O) groups is 2. The molecule has 3 amide bonds. The third-order valence-corrected chi connectivity index (χ3v) is 5.73. The molecule has 22 heavy (non-hydrogen) atoms. The minimum atomic E-state index is -3.41. The van der Waals surface area contributed by atoms with Crippen LogP contribution in [0.3, 0.4) is 0 Å². The quantitative estimate of drug-likeness (QED) is 0.628. The van der Waals surface area contributed by atoms with E-state index in [4.69, 9.17) is 0 Å². The summed E-state index contributed by atoms with van der Waals surface area (Å²) in [6.45, 7) is 0.478. The normalized spacial score (nSPS) is 24.5. The number of amides is 3. The van der Waals surface area contributed by atoms with Crippen LogP contribution in [0.25, 0.3) is 0 Å². The number of carbonyl (C=O) groups excluding carboxylic acids is 2. The predicted molar refractivity (Wildman–Crippen MR) is 82.7 cm³/mol. The van der Waals surface area contributed by atoms with Crippen LogP contribution < -0.4 is 15.4 Å². The first-order chi connectivity index (χ1) is 10.5. The number of urea groups is 1. The van der Waals surface area contributed by atoms with Crippen molar-refractivity contribution < 1.29 is 18.0 Å². The lowest BCUT2D eigenvalue weighted by molar-refractivity contribution is -0.120. The highest BCUT2D eigenvalue weighted by molar-refractivity contribution is 7.89. The number of hydrogen-bond acceptors (Lipinski definition) is 4. The Morgan fingerprint density at radius 2 is 1.68 bits per heavy atom. The summed E-state index contributed by atoms with van der Waals surface area (Å²) >= 11 is 0. The molecular formula is C14H25N3O4S. The van der Waals surface area contributed by atoms with Crippen molar-refractivity contribution in [1.82, 2.24) is 15.4 Å². The average molecular weight is 331 g/mol. The van der Waals surface area contributed by atoms with Gasteiger partial charge in [-0.25, -0.2) is 17.9 Å². The van der Waals surface area contributed by atoms with Crippen LogP contribution in [0, 0.1) is 5.92 Å². The van der Waals surface area contributed by atoms with Crippen molar-refractivity contribution in [3.8, 4) is 0 Å². The SMILES string of the molecule is O=C1NC(=O)C(CCS(=O)(=O)NCC2CCCCCCC2)N1. The van der Waals surface area contributed by atoms with E-state index < -0.39 is 28.0 Å². The van der Waals surface area contributed by atoms with Crippen LogP contribution in [-0.4, -0.2) is 38.7 Å². The van der Waals surface area contributed by atoms with E-state index in [0.717, 1.165) is 12.8 Å². The fourth-order valence-corrected chi connectivity index (χ4v) is 4.18. The molecule has 0 aromatic heterocycles. The molecule has 2 fully saturated rings. The third kappa shape index (κ3) is 5.57. The second kappa shape index (κ2) is 7.92. The van der Waals surface area contributed by atoms with Crippen molar-refractivity contribution in [2.24, 2.45) is 5.92 Å². The van der Waals surface area contributed by atoms with Crippen LogP contribution in [0.15, 0.2) is 0 Å². The number of rotatable bonds is 6. The Balaban J connectivity index is 1.73. The Kier molecular flexibility index (Phi) is 6.19. The molecule has 1 heterocycles. The van der Waals surface area contributed by atoms with Gasteiger partial charge in [0.2, 0.25) is 10.0 Å². The largest absolute Gasteiger partial charge is 0.326 e. The molecule has 1 saturated heterocycles. The van der Waals surface area contributed by atoms with E-state index in [2.05, 4.69) is 15.4 Å². The Bertz CT molecular complexity index is 498. The molecule has 0 aromatic rings. The molecule has 126 valence electrons. The van der Waals surface area contributed by atoms with Crippen LogP contribution in [0.2, 0.25) is 0 Å². The van der Waals surface area contributed by atoms with Crippen molar-refractivity contribution in [3.05, 3.63) is 0 Å². The van der Waals surface area contributed by atoms with Gasteiger partial charge >= 0.3 is 6.03 Å². The molecule has 1 aliphatic heterocycles. The van der Waals surface area contributed by atoms with Gasteiger partial charge in [0.05, 0.1) is 5.75 Å². The molecule has 1 unspecified atom stereocenters. The highest BCUT2D eigenvalue weighted by atomic mass is 32.2. The smallest absolute Gasteiger partial charge is 0.322 e. The molecule has 3 N–H and O–H groups in total. The molecule has 2 aliphatic rings. The van der Waals surface area contributed by atoms with Crippen LogP contribution in [0.5, 0.6) is 0 Å². The van der Waals surface area contributed by atoms with Crippen molar-refractivity contribution >= 4 is 22.0 Å².